The summed E-state index contributed by atoms with van der Waals surface area (Å²) in [6.45, 7) is 5.16. The van der Waals surface area contributed by atoms with Gasteiger partial charge >= 0.3 is 0 Å². The number of hydrogen-bond acceptors (Lipinski definition) is 7. The van der Waals surface area contributed by atoms with Crippen molar-refractivity contribution < 1.29 is 9.53 Å². The van der Waals surface area contributed by atoms with Gasteiger partial charge in [0.15, 0.2) is 11.0 Å². The topological polar surface area (TPSA) is 81.9 Å². The Labute approximate surface area is 194 Å². The van der Waals surface area contributed by atoms with Gasteiger partial charge in [0.2, 0.25) is 5.91 Å². The molecule has 0 aliphatic heterocycles. The predicted octanol–water partition coefficient (Wildman–Crippen LogP) is 5.04. The van der Waals surface area contributed by atoms with E-state index in [9.17, 15) is 4.79 Å². The molecule has 0 radical (unpaired) electrons. The molecule has 32 heavy (non-hydrogen) atoms. The molecular formula is C23H23N5O2S2. The van der Waals surface area contributed by atoms with E-state index in [0.29, 0.717) is 29.7 Å². The fourth-order valence-corrected chi connectivity index (χ4v) is 4.50. The minimum absolute atomic E-state index is 0.137. The van der Waals surface area contributed by atoms with E-state index in [0.717, 1.165) is 22.6 Å². The van der Waals surface area contributed by atoms with Crippen LogP contribution in [0.2, 0.25) is 0 Å². The first kappa shape index (κ1) is 22.0. The van der Waals surface area contributed by atoms with E-state index >= 15 is 0 Å². The maximum absolute atomic E-state index is 12.6. The van der Waals surface area contributed by atoms with Crippen LogP contribution >= 0.6 is 23.1 Å². The second kappa shape index (κ2) is 10.4. The van der Waals surface area contributed by atoms with Gasteiger partial charge in [-0.2, -0.15) is 0 Å². The zero-order chi connectivity index (χ0) is 22.3. The lowest BCUT2D eigenvalue weighted by Crippen LogP contribution is -2.15. The van der Waals surface area contributed by atoms with Gasteiger partial charge in [-0.25, -0.2) is 4.98 Å². The second-order valence-electron chi connectivity index (χ2n) is 7.02. The first-order valence-corrected chi connectivity index (χ1v) is 12.1. The van der Waals surface area contributed by atoms with Crippen LogP contribution in [0.3, 0.4) is 0 Å². The molecule has 0 spiro atoms. The summed E-state index contributed by atoms with van der Waals surface area (Å²) in [4.78, 5) is 16.9. The Bertz CT molecular complexity index is 1190. The number of ether oxygens (including phenoxy) is 1. The summed E-state index contributed by atoms with van der Waals surface area (Å²) in [5.74, 6) is 1.49. The normalized spacial score (nSPS) is 10.8. The number of para-hydroxylation sites is 2. The van der Waals surface area contributed by atoms with Gasteiger partial charge in [0.1, 0.15) is 12.4 Å². The Balaban J connectivity index is 1.40. The monoisotopic (exact) mass is 465 g/mol. The van der Waals surface area contributed by atoms with Gasteiger partial charge in [-0.3, -0.25) is 4.79 Å². The molecule has 1 N–H and O–H groups in total. The van der Waals surface area contributed by atoms with E-state index in [1.807, 2.05) is 53.3 Å². The van der Waals surface area contributed by atoms with Crippen molar-refractivity contribution in [2.45, 2.75) is 32.2 Å². The van der Waals surface area contributed by atoms with Crippen LogP contribution in [-0.2, 0) is 17.9 Å². The number of benzene rings is 2. The van der Waals surface area contributed by atoms with E-state index in [-0.39, 0.29) is 11.7 Å². The maximum atomic E-state index is 12.6. The average molecular weight is 466 g/mol. The standard InChI is InChI=1S/C23H23N5O2S2/c1-3-28-22(17-8-6-7-16(2)11-17)26-27-23(28)32-14-21(29)25-19-9-4-5-10-20(19)30-12-18-13-31-15-24-18/h4-11,13,15H,3,12,14H2,1-2H3,(H,25,29). The number of aryl methyl sites for hydroxylation is 1. The highest BCUT2D eigenvalue weighted by Gasteiger charge is 2.15. The van der Waals surface area contributed by atoms with Gasteiger partial charge in [0.05, 0.1) is 22.6 Å². The molecule has 7 nitrogen and oxygen atoms in total. The summed E-state index contributed by atoms with van der Waals surface area (Å²) in [7, 11) is 0. The second-order valence-corrected chi connectivity index (χ2v) is 8.68. The van der Waals surface area contributed by atoms with Crippen LogP contribution < -0.4 is 10.1 Å². The molecule has 9 heteroatoms. The number of amides is 1. The van der Waals surface area contributed by atoms with Gasteiger partial charge in [-0.1, -0.05) is 47.7 Å². The molecule has 1 amide bonds. The number of anilines is 1. The highest BCUT2D eigenvalue weighted by molar-refractivity contribution is 7.99. The van der Waals surface area contributed by atoms with Crippen molar-refractivity contribution in [3.63, 3.8) is 0 Å². The molecule has 4 aromatic rings. The fourth-order valence-electron chi connectivity index (χ4n) is 3.15. The molecule has 0 atom stereocenters. The molecule has 0 aliphatic carbocycles. The summed E-state index contributed by atoms with van der Waals surface area (Å²) in [6, 6.07) is 15.5. The number of aromatic nitrogens is 4. The van der Waals surface area contributed by atoms with Crippen LogP contribution in [0.1, 0.15) is 18.2 Å². The van der Waals surface area contributed by atoms with Crippen LogP contribution in [0.5, 0.6) is 5.75 Å². The van der Waals surface area contributed by atoms with E-state index in [2.05, 4.69) is 39.6 Å². The third-order valence-corrected chi connectivity index (χ3v) is 6.26. The Hall–Kier alpha value is -3.17. The molecular weight excluding hydrogens is 442 g/mol. The number of carbonyl (C=O) groups is 1. The van der Waals surface area contributed by atoms with Crippen LogP contribution in [0, 0.1) is 6.92 Å². The SMILES string of the molecule is CCn1c(SCC(=O)Nc2ccccc2OCc2cscn2)nnc1-c1cccc(C)c1. The van der Waals surface area contributed by atoms with Crippen molar-refractivity contribution in [3.05, 3.63) is 70.7 Å². The van der Waals surface area contributed by atoms with Crippen molar-refractivity contribution in [2.75, 3.05) is 11.1 Å². The zero-order valence-corrected chi connectivity index (χ0v) is 19.4. The largest absolute Gasteiger partial charge is 0.485 e. The first-order valence-electron chi connectivity index (χ1n) is 10.2. The summed E-state index contributed by atoms with van der Waals surface area (Å²) in [6.07, 6.45) is 0. The summed E-state index contributed by atoms with van der Waals surface area (Å²) < 4.78 is 7.87. The molecule has 2 aromatic heterocycles. The number of thiazole rings is 1. The molecule has 0 fully saturated rings. The zero-order valence-electron chi connectivity index (χ0n) is 17.8. The molecule has 2 heterocycles. The van der Waals surface area contributed by atoms with E-state index in [4.69, 9.17) is 4.74 Å². The Morgan fingerprint density at radius 3 is 2.84 bits per heavy atom. The summed E-state index contributed by atoms with van der Waals surface area (Å²) >= 11 is 2.89. The molecule has 0 saturated carbocycles. The van der Waals surface area contributed by atoms with Crippen molar-refractivity contribution in [3.8, 4) is 17.1 Å². The minimum atomic E-state index is -0.137. The molecule has 0 saturated heterocycles. The van der Waals surface area contributed by atoms with Crippen molar-refractivity contribution >= 4 is 34.7 Å². The molecule has 4 rings (SSSR count). The van der Waals surface area contributed by atoms with Crippen LogP contribution in [0.4, 0.5) is 5.69 Å². The molecule has 2 aromatic carbocycles. The lowest BCUT2D eigenvalue weighted by Gasteiger charge is -2.12. The highest BCUT2D eigenvalue weighted by Crippen LogP contribution is 2.27. The quantitative estimate of drug-likeness (QED) is 0.349. The number of thioether (sulfide) groups is 1. The average Bonchev–Trinajstić information content (AvgIpc) is 3.46. The van der Waals surface area contributed by atoms with E-state index < -0.39 is 0 Å². The molecule has 0 unspecified atom stereocenters. The van der Waals surface area contributed by atoms with Gasteiger partial charge in [0.25, 0.3) is 0 Å². The van der Waals surface area contributed by atoms with Crippen molar-refractivity contribution in [2.24, 2.45) is 0 Å². The third-order valence-electron chi connectivity index (χ3n) is 4.66. The summed E-state index contributed by atoms with van der Waals surface area (Å²) in [5.41, 5.74) is 5.43. The third kappa shape index (κ3) is 5.35. The molecule has 0 aliphatic rings. The van der Waals surface area contributed by atoms with Crippen LogP contribution in [0.15, 0.2) is 64.6 Å². The van der Waals surface area contributed by atoms with Gasteiger partial charge in [-0.15, -0.1) is 21.5 Å². The number of nitrogens with one attached hydrogen (secondary N) is 1. The van der Waals surface area contributed by atoms with E-state index in [1.165, 1.54) is 23.1 Å². The Morgan fingerprint density at radius 2 is 2.06 bits per heavy atom. The lowest BCUT2D eigenvalue weighted by molar-refractivity contribution is -0.113. The van der Waals surface area contributed by atoms with E-state index in [1.54, 1.807) is 5.51 Å². The van der Waals surface area contributed by atoms with Crippen molar-refractivity contribution in [1.82, 2.24) is 19.7 Å². The molecule has 0 bridgehead atoms. The number of nitrogens with zero attached hydrogens (tertiary/aromatic N) is 4. The fraction of sp³-hybridized carbons (Fsp3) is 0.217. The lowest BCUT2D eigenvalue weighted by atomic mass is 10.1. The minimum Gasteiger partial charge on any atom is -0.485 e. The van der Waals surface area contributed by atoms with Gasteiger partial charge in [-0.05, 0) is 32.0 Å². The smallest absolute Gasteiger partial charge is 0.234 e. The van der Waals surface area contributed by atoms with Crippen molar-refractivity contribution in [1.29, 1.82) is 0 Å². The highest BCUT2D eigenvalue weighted by atomic mass is 32.2. The van der Waals surface area contributed by atoms with Gasteiger partial charge in [0, 0.05) is 17.5 Å². The predicted molar refractivity (Wildman–Crippen MR) is 128 cm³/mol. The number of rotatable bonds is 9. The van der Waals surface area contributed by atoms with Crippen LogP contribution in [-0.4, -0.2) is 31.4 Å². The Morgan fingerprint density at radius 1 is 1.19 bits per heavy atom. The Kier molecular flexibility index (Phi) is 7.18. The number of carbonyl (C=O) groups excluding carboxylic acids is 1. The van der Waals surface area contributed by atoms with Crippen LogP contribution in [0.25, 0.3) is 11.4 Å². The van der Waals surface area contributed by atoms with Gasteiger partial charge < -0.3 is 14.6 Å². The maximum Gasteiger partial charge on any atom is 0.234 e. The number of hydrogen-bond donors (Lipinski definition) is 1. The molecule has 164 valence electrons. The first-order chi connectivity index (χ1) is 15.6. The summed E-state index contributed by atoms with van der Waals surface area (Å²) in [5, 5.41) is 14.3.